The summed E-state index contributed by atoms with van der Waals surface area (Å²) in [6.45, 7) is 7.30. The van der Waals surface area contributed by atoms with Gasteiger partial charge in [-0.25, -0.2) is 0 Å². The molecule has 0 bridgehead atoms. The third-order valence-corrected chi connectivity index (χ3v) is 2.33. The van der Waals surface area contributed by atoms with Gasteiger partial charge in [-0.2, -0.15) is 4.98 Å². The van der Waals surface area contributed by atoms with E-state index in [1.165, 1.54) is 0 Å². The second-order valence-corrected chi connectivity index (χ2v) is 4.58. The van der Waals surface area contributed by atoms with Crippen molar-refractivity contribution >= 4 is 0 Å². The molecule has 5 heteroatoms. The maximum absolute atomic E-state index is 9.17. The molecule has 0 aliphatic carbocycles. The molecule has 0 radical (unpaired) electrons. The van der Waals surface area contributed by atoms with Crippen LogP contribution in [0.25, 0.3) is 0 Å². The largest absolute Gasteiger partial charge is 0.393 e. The van der Waals surface area contributed by atoms with Crippen molar-refractivity contribution in [1.82, 2.24) is 15.0 Å². The summed E-state index contributed by atoms with van der Waals surface area (Å²) in [5, 5.41) is 13.1. The third kappa shape index (κ3) is 4.28. The molecular formula is C11H21N3O2. The van der Waals surface area contributed by atoms with E-state index in [1.54, 1.807) is 6.92 Å². The summed E-state index contributed by atoms with van der Waals surface area (Å²) in [5.41, 5.74) is 0. The molecule has 1 aromatic heterocycles. The van der Waals surface area contributed by atoms with Gasteiger partial charge in [0.1, 0.15) is 0 Å². The highest BCUT2D eigenvalue weighted by Crippen LogP contribution is 2.10. The van der Waals surface area contributed by atoms with Crippen molar-refractivity contribution in [3.8, 4) is 0 Å². The number of aliphatic hydroxyl groups is 1. The number of aromatic nitrogens is 2. The van der Waals surface area contributed by atoms with Gasteiger partial charge in [-0.15, -0.1) is 0 Å². The Kier molecular flexibility index (Phi) is 4.89. The van der Waals surface area contributed by atoms with Crippen LogP contribution in [0.2, 0.25) is 0 Å². The van der Waals surface area contributed by atoms with Gasteiger partial charge in [-0.05, 0) is 20.4 Å². The van der Waals surface area contributed by atoms with E-state index >= 15 is 0 Å². The first-order valence-electron chi connectivity index (χ1n) is 5.68. The first kappa shape index (κ1) is 13.1. The van der Waals surface area contributed by atoms with Gasteiger partial charge in [-0.3, -0.25) is 4.90 Å². The quantitative estimate of drug-likeness (QED) is 0.795. The van der Waals surface area contributed by atoms with Crippen molar-refractivity contribution in [2.75, 3.05) is 13.6 Å². The fourth-order valence-corrected chi connectivity index (χ4v) is 1.28. The van der Waals surface area contributed by atoms with Gasteiger partial charge in [0.25, 0.3) is 0 Å². The zero-order valence-corrected chi connectivity index (χ0v) is 10.5. The molecule has 1 rings (SSSR count). The van der Waals surface area contributed by atoms with Crippen molar-refractivity contribution in [3.05, 3.63) is 11.7 Å². The van der Waals surface area contributed by atoms with Crippen LogP contribution in [0, 0.1) is 0 Å². The van der Waals surface area contributed by atoms with E-state index in [4.69, 9.17) is 9.63 Å². The van der Waals surface area contributed by atoms with Crippen molar-refractivity contribution in [2.45, 2.75) is 45.8 Å². The molecule has 0 spiro atoms. The summed E-state index contributed by atoms with van der Waals surface area (Å²) < 4.78 is 5.14. The molecule has 5 nitrogen and oxygen atoms in total. The van der Waals surface area contributed by atoms with Crippen molar-refractivity contribution in [2.24, 2.45) is 0 Å². The number of aliphatic hydroxyl groups excluding tert-OH is 1. The topological polar surface area (TPSA) is 62.4 Å². The van der Waals surface area contributed by atoms with Crippen molar-refractivity contribution in [1.29, 1.82) is 0 Å². The molecule has 16 heavy (non-hydrogen) atoms. The first-order valence-corrected chi connectivity index (χ1v) is 5.68. The monoisotopic (exact) mass is 227 g/mol. The van der Waals surface area contributed by atoms with E-state index in [0.29, 0.717) is 18.4 Å². The summed E-state index contributed by atoms with van der Waals surface area (Å²) in [4.78, 5) is 6.35. The Morgan fingerprint density at radius 1 is 1.38 bits per heavy atom. The molecule has 1 aromatic rings. The van der Waals surface area contributed by atoms with E-state index in [2.05, 4.69) is 15.0 Å². The molecule has 92 valence electrons. The number of hydrogen-bond donors (Lipinski definition) is 1. The lowest BCUT2D eigenvalue weighted by Gasteiger charge is -2.14. The molecule has 0 aliphatic rings. The van der Waals surface area contributed by atoms with Gasteiger partial charge in [-0.1, -0.05) is 19.0 Å². The summed E-state index contributed by atoms with van der Waals surface area (Å²) in [5.74, 6) is 1.68. The van der Waals surface area contributed by atoms with Gasteiger partial charge in [0.15, 0.2) is 5.82 Å². The predicted octanol–water partition coefficient (Wildman–Crippen LogP) is 1.40. The fourth-order valence-electron chi connectivity index (χ4n) is 1.28. The van der Waals surface area contributed by atoms with Crippen LogP contribution in [0.15, 0.2) is 4.52 Å². The molecular weight excluding hydrogens is 206 g/mol. The highest BCUT2D eigenvalue weighted by Gasteiger charge is 2.11. The second-order valence-electron chi connectivity index (χ2n) is 4.58. The Labute approximate surface area is 96.5 Å². The van der Waals surface area contributed by atoms with Crippen LogP contribution in [0.4, 0.5) is 0 Å². The van der Waals surface area contributed by atoms with Gasteiger partial charge in [0.05, 0.1) is 12.6 Å². The Bertz CT molecular complexity index is 310. The van der Waals surface area contributed by atoms with Crippen LogP contribution in [0.5, 0.6) is 0 Å². The lowest BCUT2D eigenvalue weighted by molar-refractivity contribution is 0.158. The van der Waals surface area contributed by atoms with E-state index in [-0.39, 0.29) is 6.10 Å². The molecule has 0 aliphatic heterocycles. The zero-order chi connectivity index (χ0) is 12.1. The number of nitrogens with zero attached hydrogens (tertiary/aromatic N) is 3. The molecule has 1 atom stereocenters. The zero-order valence-electron chi connectivity index (χ0n) is 10.5. The van der Waals surface area contributed by atoms with Crippen LogP contribution >= 0.6 is 0 Å². The fraction of sp³-hybridized carbons (Fsp3) is 0.818. The second kappa shape index (κ2) is 5.96. The summed E-state index contributed by atoms with van der Waals surface area (Å²) in [6.07, 6.45) is 0.484. The highest BCUT2D eigenvalue weighted by atomic mass is 16.5. The first-order chi connectivity index (χ1) is 7.49. The molecule has 1 unspecified atom stereocenters. The molecule has 0 fully saturated rings. The Morgan fingerprint density at radius 2 is 2.06 bits per heavy atom. The summed E-state index contributed by atoms with van der Waals surface area (Å²) >= 11 is 0. The van der Waals surface area contributed by atoms with E-state index < -0.39 is 0 Å². The van der Waals surface area contributed by atoms with Gasteiger partial charge >= 0.3 is 0 Å². The maximum atomic E-state index is 9.17. The van der Waals surface area contributed by atoms with E-state index in [0.717, 1.165) is 18.8 Å². The van der Waals surface area contributed by atoms with Crippen molar-refractivity contribution in [3.63, 3.8) is 0 Å². The van der Waals surface area contributed by atoms with Crippen LogP contribution in [0.1, 0.15) is 44.8 Å². The smallest absolute Gasteiger partial charge is 0.240 e. The average molecular weight is 227 g/mol. The van der Waals surface area contributed by atoms with Gasteiger partial charge < -0.3 is 9.63 Å². The molecule has 1 heterocycles. The Morgan fingerprint density at radius 3 is 2.56 bits per heavy atom. The molecule has 1 N–H and O–H groups in total. The van der Waals surface area contributed by atoms with Gasteiger partial charge in [0.2, 0.25) is 5.89 Å². The normalized spacial score (nSPS) is 13.7. The lowest BCUT2D eigenvalue weighted by Crippen LogP contribution is -2.22. The van der Waals surface area contributed by atoms with E-state index in [1.807, 2.05) is 20.9 Å². The van der Waals surface area contributed by atoms with Crippen LogP contribution in [-0.2, 0) is 6.54 Å². The lowest BCUT2D eigenvalue weighted by atomic mass is 10.2. The van der Waals surface area contributed by atoms with Gasteiger partial charge in [0, 0.05) is 12.5 Å². The summed E-state index contributed by atoms with van der Waals surface area (Å²) in [7, 11) is 1.97. The average Bonchev–Trinajstić information content (AvgIpc) is 2.63. The SMILES string of the molecule is CC(O)CCN(C)Cc1nc(C(C)C)no1. The molecule has 0 amide bonds. The molecule has 0 aromatic carbocycles. The minimum absolute atomic E-state index is 0.267. The standard InChI is InChI=1S/C11H21N3O2/c1-8(2)11-12-10(16-13-11)7-14(4)6-5-9(3)15/h8-9,15H,5-7H2,1-4H3. The minimum Gasteiger partial charge on any atom is -0.393 e. The Balaban J connectivity index is 2.40. The number of rotatable bonds is 6. The summed E-state index contributed by atoms with van der Waals surface area (Å²) in [6, 6.07) is 0. The maximum Gasteiger partial charge on any atom is 0.240 e. The number of hydrogen-bond acceptors (Lipinski definition) is 5. The third-order valence-electron chi connectivity index (χ3n) is 2.33. The molecule has 0 saturated carbocycles. The highest BCUT2D eigenvalue weighted by molar-refractivity contribution is 4.91. The predicted molar refractivity (Wildman–Crippen MR) is 61.0 cm³/mol. The minimum atomic E-state index is -0.267. The van der Waals surface area contributed by atoms with Crippen LogP contribution in [-0.4, -0.2) is 39.8 Å². The van der Waals surface area contributed by atoms with E-state index in [9.17, 15) is 0 Å². The van der Waals surface area contributed by atoms with Crippen LogP contribution in [0.3, 0.4) is 0 Å². The van der Waals surface area contributed by atoms with Crippen molar-refractivity contribution < 1.29 is 9.63 Å². The Hall–Kier alpha value is -0.940. The van der Waals surface area contributed by atoms with Crippen LogP contribution < -0.4 is 0 Å². The molecule has 0 saturated heterocycles.